The van der Waals surface area contributed by atoms with E-state index in [0.29, 0.717) is 19.3 Å². The number of aldehydes is 1. The van der Waals surface area contributed by atoms with Crippen LogP contribution < -0.4 is 0 Å². The predicted octanol–water partition coefficient (Wildman–Crippen LogP) is 8.65. The molecule has 61 heavy (non-hydrogen) atoms. The zero-order chi connectivity index (χ0) is 46.8. The quantitative estimate of drug-likeness (QED) is 0.0204. The van der Waals surface area contributed by atoms with Crippen LogP contribution in [-0.4, -0.2) is 120 Å². The Labute approximate surface area is 371 Å². The van der Waals surface area contributed by atoms with Gasteiger partial charge in [0.25, 0.3) is 0 Å². The van der Waals surface area contributed by atoms with Crippen molar-refractivity contribution < 1.29 is 65.4 Å². The first-order valence-electron chi connectivity index (χ1n) is 24.4. The maximum absolute atomic E-state index is 10.3. The number of aliphatic hydroxyl groups excluding tert-OH is 8. The molecule has 0 aliphatic carbocycles. The Morgan fingerprint density at radius 1 is 0.426 bits per heavy atom. The number of carboxylic acids is 2. The van der Waals surface area contributed by atoms with Crippen LogP contribution in [0.1, 0.15) is 233 Å². The van der Waals surface area contributed by atoms with Crippen molar-refractivity contribution in [2.45, 2.75) is 257 Å². The molecular weight excluding hydrogens is 785 g/mol. The summed E-state index contributed by atoms with van der Waals surface area (Å²) >= 11 is 0. The highest BCUT2D eigenvalue weighted by Gasteiger charge is 2.29. The molecular formula is C48H98O13. The molecule has 0 saturated carbocycles. The van der Waals surface area contributed by atoms with Crippen LogP contribution in [0, 0.1) is 5.41 Å². The van der Waals surface area contributed by atoms with Crippen molar-refractivity contribution in [3.05, 3.63) is 0 Å². The predicted molar refractivity (Wildman–Crippen MR) is 246 cm³/mol. The first-order chi connectivity index (χ1) is 29.3. The van der Waals surface area contributed by atoms with Gasteiger partial charge in [-0.1, -0.05) is 201 Å². The smallest absolute Gasteiger partial charge is 0.303 e. The summed E-state index contributed by atoms with van der Waals surface area (Å²) in [7, 11) is 0. The van der Waals surface area contributed by atoms with Crippen molar-refractivity contribution in [2.24, 2.45) is 5.41 Å². The topological polar surface area (TPSA) is 254 Å². The molecule has 13 nitrogen and oxygen atoms in total. The number of aliphatic carboxylic acids is 2. The summed E-state index contributed by atoms with van der Waals surface area (Å²) in [6.45, 7) is 5.13. The van der Waals surface area contributed by atoms with Crippen molar-refractivity contribution in [3.63, 3.8) is 0 Å². The van der Waals surface area contributed by atoms with E-state index < -0.39 is 48.4 Å². The Hall–Kier alpha value is -1.71. The maximum Gasteiger partial charge on any atom is 0.303 e. The molecule has 13 heteroatoms. The van der Waals surface area contributed by atoms with Crippen LogP contribution >= 0.6 is 0 Å². The Morgan fingerprint density at radius 3 is 0.836 bits per heavy atom. The lowest BCUT2D eigenvalue weighted by Crippen LogP contribution is -2.46. The molecule has 0 rings (SSSR count). The number of carbonyl (C=O) groups excluding carboxylic acids is 1. The Balaban J connectivity index is -0.000000372. The van der Waals surface area contributed by atoms with Crippen LogP contribution in [0.2, 0.25) is 0 Å². The van der Waals surface area contributed by atoms with E-state index in [1.807, 2.05) is 6.92 Å². The number of aliphatic hydroxyl groups is 8. The van der Waals surface area contributed by atoms with E-state index in [4.69, 9.17) is 51.1 Å². The molecule has 0 bridgehead atoms. The monoisotopic (exact) mass is 883 g/mol. The van der Waals surface area contributed by atoms with Crippen molar-refractivity contribution in [3.8, 4) is 0 Å². The summed E-state index contributed by atoms with van der Waals surface area (Å²) in [5, 5.41) is 86.5. The standard InChI is InChI=1S/2C18H36O2.C6H12O6.C6H14O3/c2*1-2-3-4-5-6-7-8-9-10-11-12-13-14-15-16-17-18(19)20;7-1-3(9)5(11)6(12)4(10)2-8;1-2-6(3-7,4-8)5-9/h2*2-17H2,1H3,(H,19,20);1,3-6,8-12H,2H2;7-9H,2-5H2,1H3/t;;3-,4+,5+,6+;/m..0./s1. The highest BCUT2D eigenvalue weighted by molar-refractivity contribution is 5.66. The molecule has 0 aromatic heterocycles. The fourth-order valence-corrected chi connectivity index (χ4v) is 6.40. The van der Waals surface area contributed by atoms with E-state index in [9.17, 15) is 14.4 Å². The molecule has 368 valence electrons. The van der Waals surface area contributed by atoms with Crippen LogP contribution in [0.4, 0.5) is 0 Å². The van der Waals surface area contributed by atoms with Crippen LogP contribution in [0.15, 0.2) is 0 Å². The van der Waals surface area contributed by atoms with E-state index >= 15 is 0 Å². The second-order valence-corrected chi connectivity index (χ2v) is 16.9. The van der Waals surface area contributed by atoms with Gasteiger partial charge in [-0.2, -0.15) is 0 Å². The van der Waals surface area contributed by atoms with Crippen LogP contribution in [0.5, 0.6) is 0 Å². The van der Waals surface area contributed by atoms with Gasteiger partial charge in [0.1, 0.15) is 24.4 Å². The SMILES string of the molecule is CCC(CO)(CO)CO.CCCCCCCCCCCCCCCCCC(=O)O.CCCCCCCCCCCCCCCCCC(=O)O.O=C[C@H](O)[C@@H](O)[C@H](O)[C@H](O)CO. The first kappa shape index (κ1) is 65.9. The lowest BCUT2D eigenvalue weighted by atomic mass is 9.88. The van der Waals surface area contributed by atoms with E-state index in [2.05, 4.69) is 13.8 Å². The third-order valence-corrected chi connectivity index (χ3v) is 11.2. The van der Waals surface area contributed by atoms with E-state index in [1.54, 1.807) is 0 Å². The Kier molecular flexibility index (Phi) is 56.9. The normalized spacial score (nSPS) is 13.0. The third kappa shape index (κ3) is 50.8. The largest absolute Gasteiger partial charge is 0.481 e. The molecule has 0 aliphatic rings. The Bertz CT molecular complexity index is 826. The second-order valence-electron chi connectivity index (χ2n) is 16.9. The van der Waals surface area contributed by atoms with Crippen molar-refractivity contribution in [1.82, 2.24) is 0 Å². The zero-order valence-corrected chi connectivity index (χ0v) is 39.2. The minimum atomic E-state index is -1.79. The third-order valence-electron chi connectivity index (χ3n) is 11.2. The van der Waals surface area contributed by atoms with Crippen LogP contribution in [0.25, 0.3) is 0 Å². The van der Waals surface area contributed by atoms with E-state index in [0.717, 1.165) is 25.7 Å². The van der Waals surface area contributed by atoms with Crippen molar-refractivity contribution in [2.75, 3.05) is 26.4 Å². The lowest BCUT2D eigenvalue weighted by Gasteiger charge is -2.24. The molecule has 0 aliphatic heterocycles. The molecule has 0 spiro atoms. The highest BCUT2D eigenvalue weighted by Crippen LogP contribution is 2.18. The van der Waals surface area contributed by atoms with E-state index in [-0.39, 0.29) is 26.1 Å². The van der Waals surface area contributed by atoms with Gasteiger partial charge in [-0.15, -0.1) is 0 Å². The number of hydrogen-bond donors (Lipinski definition) is 10. The van der Waals surface area contributed by atoms with Crippen LogP contribution in [0.3, 0.4) is 0 Å². The fourth-order valence-electron chi connectivity index (χ4n) is 6.40. The number of rotatable bonds is 41. The molecule has 0 unspecified atom stereocenters. The molecule has 0 saturated heterocycles. The summed E-state index contributed by atoms with van der Waals surface area (Å²) < 4.78 is 0. The minimum Gasteiger partial charge on any atom is -0.481 e. The van der Waals surface area contributed by atoms with Crippen LogP contribution in [-0.2, 0) is 14.4 Å². The number of carboxylic acid groups (broad SMARTS) is 2. The van der Waals surface area contributed by atoms with Gasteiger partial charge < -0.3 is 55.9 Å². The van der Waals surface area contributed by atoms with Crippen molar-refractivity contribution in [1.29, 1.82) is 0 Å². The van der Waals surface area contributed by atoms with Gasteiger partial charge in [0.05, 0.1) is 26.4 Å². The van der Waals surface area contributed by atoms with Gasteiger partial charge in [0.2, 0.25) is 0 Å². The molecule has 0 fully saturated rings. The van der Waals surface area contributed by atoms with Gasteiger partial charge in [-0.05, 0) is 19.3 Å². The summed E-state index contributed by atoms with van der Waals surface area (Å²) in [6.07, 6.45) is 34.2. The van der Waals surface area contributed by atoms with Gasteiger partial charge in [-0.3, -0.25) is 9.59 Å². The highest BCUT2D eigenvalue weighted by atomic mass is 16.4. The Morgan fingerprint density at radius 2 is 0.672 bits per heavy atom. The second kappa shape index (κ2) is 52.6. The summed E-state index contributed by atoms with van der Waals surface area (Å²) in [5.74, 6) is -1.31. The first-order valence-corrected chi connectivity index (χ1v) is 24.4. The molecule has 4 atom stereocenters. The minimum absolute atomic E-state index is 0.0258. The number of unbranched alkanes of at least 4 members (excludes halogenated alkanes) is 28. The van der Waals surface area contributed by atoms with E-state index in [1.165, 1.54) is 167 Å². The van der Waals surface area contributed by atoms with Gasteiger partial charge in [-0.25, -0.2) is 0 Å². The average molecular weight is 883 g/mol. The van der Waals surface area contributed by atoms with Gasteiger partial charge in [0.15, 0.2) is 6.29 Å². The summed E-state index contributed by atoms with van der Waals surface area (Å²) in [6, 6.07) is 0. The van der Waals surface area contributed by atoms with Crippen molar-refractivity contribution >= 4 is 18.2 Å². The fraction of sp³-hybridized carbons (Fsp3) is 0.938. The molecule has 0 heterocycles. The average Bonchev–Trinajstić information content (AvgIpc) is 3.26. The molecule has 0 amide bonds. The maximum atomic E-state index is 10.3. The molecule has 0 aromatic rings. The van der Waals surface area contributed by atoms with Gasteiger partial charge in [0, 0.05) is 18.3 Å². The summed E-state index contributed by atoms with van der Waals surface area (Å²) in [4.78, 5) is 30.6. The molecule has 0 aromatic carbocycles. The number of carbonyl (C=O) groups is 3. The zero-order valence-electron chi connectivity index (χ0n) is 39.2. The van der Waals surface area contributed by atoms with Gasteiger partial charge >= 0.3 is 11.9 Å². The summed E-state index contributed by atoms with van der Waals surface area (Å²) in [5.41, 5.74) is -0.667. The molecule has 10 N–H and O–H groups in total. The number of hydrogen-bond acceptors (Lipinski definition) is 11. The lowest BCUT2D eigenvalue weighted by molar-refractivity contribution is -0.138. The molecule has 0 radical (unpaired) electrons.